The van der Waals surface area contributed by atoms with Crippen LogP contribution in [-0.2, 0) is 11.0 Å². The van der Waals surface area contributed by atoms with Gasteiger partial charge >= 0.3 is 18.3 Å². The minimum atomic E-state index is -5.90. The van der Waals surface area contributed by atoms with Crippen molar-refractivity contribution in [1.29, 1.82) is 0 Å². The van der Waals surface area contributed by atoms with Gasteiger partial charge in [-0.15, -0.1) is 11.8 Å². The molecular weight excluding hydrogens is 460 g/mol. The molecule has 1 aromatic heterocycles. The zero-order chi connectivity index (χ0) is 23.9. The molecule has 0 spiro atoms. The van der Waals surface area contributed by atoms with Crippen molar-refractivity contribution in [3.05, 3.63) is 41.1 Å². The highest BCUT2D eigenvalue weighted by atomic mass is 32.2. The normalized spacial score (nSPS) is 13.8. The number of nitrogens with one attached hydrogen (secondary N) is 2. The van der Waals surface area contributed by atoms with Crippen molar-refractivity contribution in [2.75, 3.05) is 23.4 Å². The molecule has 0 saturated heterocycles. The quantitative estimate of drug-likeness (QED) is 0.296. The van der Waals surface area contributed by atoms with Gasteiger partial charge in [0.05, 0.1) is 17.5 Å². The lowest BCUT2D eigenvalue weighted by atomic mass is 10.1. The Balaban J connectivity index is 3.13. The molecule has 0 atom stereocenters. The summed E-state index contributed by atoms with van der Waals surface area (Å²) in [5.41, 5.74) is -3.11. The van der Waals surface area contributed by atoms with Gasteiger partial charge in [-0.05, 0) is 23.3 Å². The summed E-state index contributed by atoms with van der Waals surface area (Å²) >= 11 is 0.953. The summed E-state index contributed by atoms with van der Waals surface area (Å²) in [6, 6.07) is 0.564. The van der Waals surface area contributed by atoms with E-state index in [0.717, 1.165) is 17.2 Å². The van der Waals surface area contributed by atoms with E-state index in [4.69, 9.17) is 0 Å². The highest BCUT2D eigenvalue weighted by Gasteiger charge is 2.59. The molecule has 1 aromatic rings. The second kappa shape index (κ2) is 10.6. The molecule has 14 heteroatoms. The minimum Gasteiger partial charge on any atom is -0.371 e. The molecular formula is C17H16F8N4OS. The third-order valence-corrected chi connectivity index (χ3v) is 4.01. The number of nitrogens with zero attached hydrogens (tertiary/aromatic N) is 2. The number of allylic oxidation sites excluding steroid dienone is 2. The molecule has 0 unspecified atom stereocenters. The Morgan fingerprint density at radius 1 is 1.19 bits per heavy atom. The van der Waals surface area contributed by atoms with Crippen LogP contribution in [0.2, 0.25) is 0 Å². The van der Waals surface area contributed by atoms with Crippen LogP contribution in [-0.4, -0.2) is 42.0 Å². The predicted octanol–water partition coefficient (Wildman–Crippen LogP) is 5.50. The summed E-state index contributed by atoms with van der Waals surface area (Å²) in [5, 5.41) is 5.44. The number of hydrogen-bond acceptors (Lipinski definition) is 5. The van der Waals surface area contributed by atoms with Gasteiger partial charge in [0.1, 0.15) is 5.82 Å². The van der Waals surface area contributed by atoms with Gasteiger partial charge in [-0.2, -0.15) is 35.1 Å². The van der Waals surface area contributed by atoms with E-state index < -0.39 is 41.0 Å². The average molecular weight is 476 g/mol. The van der Waals surface area contributed by atoms with Crippen LogP contribution in [0, 0.1) is 0 Å². The van der Waals surface area contributed by atoms with Gasteiger partial charge in [0, 0.05) is 25.0 Å². The first-order valence-corrected chi connectivity index (χ1v) is 9.31. The Morgan fingerprint density at radius 2 is 1.84 bits per heavy atom. The Bertz CT molecular complexity index is 863. The molecule has 0 aromatic carbocycles. The van der Waals surface area contributed by atoms with Crippen molar-refractivity contribution in [1.82, 2.24) is 4.98 Å². The summed E-state index contributed by atoms with van der Waals surface area (Å²) in [6.07, 6.45) is -9.15. The van der Waals surface area contributed by atoms with Gasteiger partial charge < -0.3 is 10.6 Å². The van der Waals surface area contributed by atoms with Crippen molar-refractivity contribution < 1.29 is 39.9 Å². The van der Waals surface area contributed by atoms with Crippen LogP contribution in [0.5, 0.6) is 0 Å². The number of carbonyl (C=O) groups is 1. The highest BCUT2D eigenvalue weighted by molar-refractivity contribution is 8.02. The lowest BCUT2D eigenvalue weighted by Gasteiger charge is -2.20. The Kier molecular flexibility index (Phi) is 9.02. The number of aromatic nitrogens is 1. The molecule has 0 aliphatic carbocycles. The van der Waals surface area contributed by atoms with Crippen LogP contribution in [0.15, 0.2) is 40.5 Å². The molecule has 31 heavy (non-hydrogen) atoms. The maximum Gasteiger partial charge on any atom is 0.458 e. The second-order valence-corrected chi connectivity index (χ2v) is 6.73. The van der Waals surface area contributed by atoms with Crippen molar-refractivity contribution in [3.8, 4) is 0 Å². The van der Waals surface area contributed by atoms with Crippen molar-refractivity contribution >= 4 is 35.4 Å². The van der Waals surface area contributed by atoms with Crippen molar-refractivity contribution in [3.63, 3.8) is 0 Å². The van der Waals surface area contributed by atoms with E-state index in [9.17, 15) is 39.9 Å². The number of anilines is 2. The minimum absolute atomic E-state index is 0.142. The molecule has 1 heterocycles. The van der Waals surface area contributed by atoms with E-state index >= 15 is 0 Å². The van der Waals surface area contributed by atoms with E-state index in [2.05, 4.69) is 15.3 Å². The van der Waals surface area contributed by atoms with Gasteiger partial charge in [0.25, 0.3) is 5.91 Å². The lowest BCUT2D eigenvalue weighted by molar-refractivity contribution is -0.262. The van der Waals surface area contributed by atoms with Crippen LogP contribution in [0.25, 0.3) is 0 Å². The molecule has 0 radical (unpaired) electrons. The molecule has 0 saturated carbocycles. The fourth-order valence-electron chi connectivity index (χ4n) is 1.87. The third kappa shape index (κ3) is 7.52. The van der Waals surface area contributed by atoms with Gasteiger partial charge in [-0.3, -0.25) is 9.79 Å². The van der Waals surface area contributed by atoms with E-state index in [1.165, 1.54) is 7.05 Å². The van der Waals surface area contributed by atoms with Gasteiger partial charge in [0.2, 0.25) is 0 Å². The number of hydrogen-bond donors (Lipinski definition) is 2. The number of pyridine rings is 1. The monoisotopic (exact) mass is 476 g/mol. The number of amides is 1. The van der Waals surface area contributed by atoms with Crippen LogP contribution < -0.4 is 10.6 Å². The Morgan fingerprint density at radius 3 is 2.35 bits per heavy atom. The van der Waals surface area contributed by atoms with E-state index in [0.29, 0.717) is 30.3 Å². The molecule has 1 amide bonds. The standard InChI is InChI=1S/C17H16F8N4OS/c1-3-31-5-4-10(15(18,19)17(23,24)25)7-27-9-13(30)29-12-6-11(16(20,21)22)8-28-14(12)26-2/h4-9H,3H2,1-2H3,(H,26,28)(H,29,30)/b5-4+,10-7+,27-9?. The predicted molar refractivity (Wildman–Crippen MR) is 102 cm³/mol. The van der Waals surface area contributed by atoms with E-state index in [1.54, 1.807) is 6.92 Å². The maximum absolute atomic E-state index is 13.6. The summed E-state index contributed by atoms with van der Waals surface area (Å²) in [5.74, 6) is -6.16. The Hall–Kier alpha value is -2.64. The first kappa shape index (κ1) is 26.4. The van der Waals surface area contributed by atoms with Crippen LogP contribution in [0.4, 0.5) is 46.6 Å². The number of halogens is 8. The second-order valence-electron chi connectivity index (χ2n) is 5.55. The zero-order valence-corrected chi connectivity index (χ0v) is 16.7. The molecule has 0 bridgehead atoms. The first-order valence-electron chi connectivity index (χ1n) is 8.26. The molecule has 172 valence electrons. The van der Waals surface area contributed by atoms with Crippen LogP contribution in [0.1, 0.15) is 12.5 Å². The molecule has 0 aliphatic rings. The highest BCUT2D eigenvalue weighted by Crippen LogP contribution is 2.41. The van der Waals surface area contributed by atoms with Crippen LogP contribution in [0.3, 0.4) is 0 Å². The molecule has 2 N–H and O–H groups in total. The van der Waals surface area contributed by atoms with E-state index in [1.807, 2.05) is 5.32 Å². The fourth-order valence-corrected chi connectivity index (χ4v) is 2.31. The lowest BCUT2D eigenvalue weighted by Crippen LogP contribution is -2.37. The topological polar surface area (TPSA) is 66.4 Å². The van der Waals surface area contributed by atoms with Gasteiger partial charge in [-0.25, -0.2) is 4.98 Å². The summed E-state index contributed by atoms with van der Waals surface area (Å²) in [6.45, 7) is 1.64. The number of thioether (sulfide) groups is 1. The third-order valence-electron chi connectivity index (χ3n) is 3.34. The maximum atomic E-state index is 13.6. The Labute approximate surface area is 175 Å². The van der Waals surface area contributed by atoms with Crippen molar-refractivity contribution in [2.45, 2.75) is 25.2 Å². The molecule has 1 rings (SSSR count). The smallest absolute Gasteiger partial charge is 0.371 e. The van der Waals surface area contributed by atoms with Gasteiger partial charge in [0.15, 0.2) is 0 Å². The van der Waals surface area contributed by atoms with E-state index in [-0.39, 0.29) is 12.0 Å². The largest absolute Gasteiger partial charge is 0.458 e. The first-order chi connectivity index (χ1) is 14.2. The van der Waals surface area contributed by atoms with Gasteiger partial charge in [-0.1, -0.05) is 6.92 Å². The summed E-state index contributed by atoms with van der Waals surface area (Å²) in [4.78, 5) is 18.5. The molecule has 0 aliphatic heterocycles. The average Bonchev–Trinajstić information content (AvgIpc) is 2.65. The molecule has 0 fully saturated rings. The number of aliphatic imine (C=N–C) groups is 1. The number of carbonyl (C=O) groups excluding carboxylic acids is 1. The number of alkyl halides is 8. The fraction of sp³-hybridized carbons (Fsp3) is 0.353. The van der Waals surface area contributed by atoms with Crippen LogP contribution >= 0.6 is 11.8 Å². The number of rotatable bonds is 8. The zero-order valence-electron chi connectivity index (χ0n) is 15.9. The SMILES string of the molecule is CCS/C=C/C(=C\N=CC(=O)Nc1cc(C(F)(F)F)cnc1NC)C(F)(F)C(F)(F)F. The van der Waals surface area contributed by atoms with Crippen molar-refractivity contribution in [2.24, 2.45) is 4.99 Å². The molecule has 5 nitrogen and oxygen atoms in total. The summed E-state index contributed by atoms with van der Waals surface area (Å²) < 4.78 is 103. The summed E-state index contributed by atoms with van der Waals surface area (Å²) in [7, 11) is 1.31.